The second-order valence-corrected chi connectivity index (χ2v) is 7.38. The van der Waals surface area contributed by atoms with Gasteiger partial charge in [0.1, 0.15) is 0 Å². The molecule has 0 aromatic heterocycles. The van der Waals surface area contributed by atoms with Crippen molar-refractivity contribution in [1.29, 1.82) is 0 Å². The lowest BCUT2D eigenvalue weighted by molar-refractivity contribution is -0.156. The predicted octanol–water partition coefficient (Wildman–Crippen LogP) is 4.57. The van der Waals surface area contributed by atoms with Crippen LogP contribution in [0.25, 0.3) is 0 Å². The Labute approximate surface area is 112 Å². The number of hydrogen-bond donors (Lipinski definition) is 0. The molecule has 106 valence electrons. The molecule has 0 amide bonds. The molecule has 0 aromatic rings. The molecule has 2 nitrogen and oxygen atoms in total. The van der Waals surface area contributed by atoms with Crippen molar-refractivity contribution < 1.29 is 9.53 Å². The minimum absolute atomic E-state index is 0.0193. The number of carbonyl (C=O) groups excluding carboxylic acids is 1. The van der Waals surface area contributed by atoms with Gasteiger partial charge < -0.3 is 4.74 Å². The van der Waals surface area contributed by atoms with Gasteiger partial charge in [-0.25, -0.2) is 0 Å². The highest BCUT2D eigenvalue weighted by Gasteiger charge is 2.37. The summed E-state index contributed by atoms with van der Waals surface area (Å²) in [6.45, 7) is 11.7. The molecule has 0 radical (unpaired) electrons. The summed E-state index contributed by atoms with van der Waals surface area (Å²) >= 11 is 0. The zero-order valence-electron chi connectivity index (χ0n) is 12.8. The summed E-state index contributed by atoms with van der Waals surface area (Å²) in [5.41, 5.74) is 0.0670. The minimum atomic E-state index is -0.278. The Balaban J connectivity index is 2.80. The van der Waals surface area contributed by atoms with E-state index in [0.717, 1.165) is 19.3 Å². The Bertz CT molecular complexity index is 277. The quantitative estimate of drug-likeness (QED) is 0.675. The van der Waals surface area contributed by atoms with E-state index in [2.05, 4.69) is 34.6 Å². The van der Waals surface area contributed by atoms with E-state index in [1.807, 2.05) is 0 Å². The monoisotopic (exact) mass is 254 g/mol. The smallest absolute Gasteiger partial charge is 0.311 e. The van der Waals surface area contributed by atoms with Gasteiger partial charge in [-0.05, 0) is 50.4 Å². The molecule has 2 atom stereocenters. The molecular formula is C16H30O2. The van der Waals surface area contributed by atoms with Gasteiger partial charge in [0.05, 0.1) is 12.0 Å². The first kappa shape index (κ1) is 15.5. The fourth-order valence-electron chi connectivity index (χ4n) is 3.03. The van der Waals surface area contributed by atoms with Crippen molar-refractivity contribution in [1.82, 2.24) is 0 Å². The lowest BCUT2D eigenvalue weighted by Crippen LogP contribution is -2.32. The molecule has 0 N–H and O–H groups in total. The molecule has 0 aliphatic carbocycles. The third kappa shape index (κ3) is 4.62. The summed E-state index contributed by atoms with van der Waals surface area (Å²) in [5, 5.41) is 0. The zero-order chi connectivity index (χ0) is 13.8. The number of esters is 1. The van der Waals surface area contributed by atoms with Crippen molar-refractivity contribution >= 4 is 5.97 Å². The van der Waals surface area contributed by atoms with E-state index in [4.69, 9.17) is 4.74 Å². The zero-order valence-corrected chi connectivity index (χ0v) is 12.8. The summed E-state index contributed by atoms with van der Waals surface area (Å²) in [7, 11) is 0. The van der Waals surface area contributed by atoms with Gasteiger partial charge in [-0.3, -0.25) is 4.79 Å². The van der Waals surface area contributed by atoms with Crippen molar-refractivity contribution in [3.8, 4) is 0 Å². The summed E-state index contributed by atoms with van der Waals surface area (Å²) in [6.07, 6.45) is 6.52. The largest absolute Gasteiger partial charge is 0.465 e. The van der Waals surface area contributed by atoms with Crippen molar-refractivity contribution in [2.24, 2.45) is 16.7 Å². The van der Waals surface area contributed by atoms with E-state index in [1.54, 1.807) is 0 Å². The Hall–Kier alpha value is -0.530. The van der Waals surface area contributed by atoms with E-state index >= 15 is 0 Å². The molecule has 2 unspecified atom stereocenters. The number of ether oxygens (including phenoxy) is 1. The predicted molar refractivity (Wildman–Crippen MR) is 75.4 cm³/mol. The molecule has 1 rings (SSSR count). The van der Waals surface area contributed by atoms with Gasteiger partial charge >= 0.3 is 5.97 Å². The number of carbonyl (C=O) groups is 1. The van der Waals surface area contributed by atoms with Gasteiger partial charge in [0, 0.05) is 0 Å². The van der Waals surface area contributed by atoms with Gasteiger partial charge in [-0.15, -0.1) is 0 Å². The lowest BCUT2D eigenvalue weighted by atomic mass is 9.72. The standard InChI is InChI=1S/C16H30O2/c1-6-16(5)12-13(11-15(2,3)4)9-7-8-10-18-14(16)17/h13H,6-12H2,1-5H3. The van der Waals surface area contributed by atoms with Crippen LogP contribution in [-0.4, -0.2) is 12.6 Å². The average Bonchev–Trinajstić information content (AvgIpc) is 2.30. The summed E-state index contributed by atoms with van der Waals surface area (Å²) in [5.74, 6) is 0.673. The maximum Gasteiger partial charge on any atom is 0.311 e. The van der Waals surface area contributed by atoms with Crippen LogP contribution in [0.3, 0.4) is 0 Å². The van der Waals surface area contributed by atoms with Crippen molar-refractivity contribution in [3.63, 3.8) is 0 Å². The summed E-state index contributed by atoms with van der Waals surface area (Å²) < 4.78 is 5.41. The molecule has 0 spiro atoms. The fraction of sp³-hybridized carbons (Fsp3) is 0.938. The van der Waals surface area contributed by atoms with Crippen LogP contribution in [0.2, 0.25) is 0 Å². The first-order valence-electron chi connectivity index (χ1n) is 7.44. The molecule has 1 saturated heterocycles. The molecule has 2 heteroatoms. The summed E-state index contributed by atoms with van der Waals surface area (Å²) in [6, 6.07) is 0. The normalized spacial score (nSPS) is 31.2. The van der Waals surface area contributed by atoms with Crippen LogP contribution in [0.5, 0.6) is 0 Å². The van der Waals surface area contributed by atoms with Crippen LogP contribution < -0.4 is 0 Å². The highest BCUT2D eigenvalue weighted by atomic mass is 16.5. The van der Waals surface area contributed by atoms with Crippen molar-refractivity contribution in [2.45, 2.75) is 73.1 Å². The van der Waals surface area contributed by atoms with Crippen LogP contribution in [0.15, 0.2) is 0 Å². The van der Waals surface area contributed by atoms with Crippen LogP contribution >= 0.6 is 0 Å². The van der Waals surface area contributed by atoms with Crippen LogP contribution in [0, 0.1) is 16.7 Å². The Kier molecular flexibility index (Phi) is 5.24. The third-order valence-electron chi connectivity index (χ3n) is 4.15. The molecule has 1 fully saturated rings. The maximum atomic E-state index is 12.2. The molecule has 0 bridgehead atoms. The fourth-order valence-corrected chi connectivity index (χ4v) is 3.03. The van der Waals surface area contributed by atoms with Crippen molar-refractivity contribution in [2.75, 3.05) is 6.61 Å². The van der Waals surface area contributed by atoms with E-state index in [9.17, 15) is 4.79 Å². The Morgan fingerprint density at radius 2 is 2.00 bits per heavy atom. The number of hydrogen-bond acceptors (Lipinski definition) is 2. The molecule has 0 saturated carbocycles. The van der Waals surface area contributed by atoms with Crippen LogP contribution in [0.1, 0.15) is 73.1 Å². The molecule has 1 aliphatic rings. The third-order valence-corrected chi connectivity index (χ3v) is 4.15. The first-order valence-corrected chi connectivity index (χ1v) is 7.44. The molecule has 0 aromatic carbocycles. The highest BCUT2D eigenvalue weighted by Crippen LogP contribution is 2.39. The highest BCUT2D eigenvalue weighted by molar-refractivity contribution is 5.76. The number of cyclic esters (lactones) is 1. The second-order valence-electron chi connectivity index (χ2n) is 7.38. The van der Waals surface area contributed by atoms with Crippen molar-refractivity contribution in [3.05, 3.63) is 0 Å². The number of rotatable bonds is 2. The Morgan fingerprint density at radius 1 is 1.33 bits per heavy atom. The van der Waals surface area contributed by atoms with Crippen LogP contribution in [-0.2, 0) is 9.53 Å². The molecule has 1 aliphatic heterocycles. The van der Waals surface area contributed by atoms with Gasteiger partial charge in [0.2, 0.25) is 0 Å². The molecule has 18 heavy (non-hydrogen) atoms. The van der Waals surface area contributed by atoms with Gasteiger partial charge in [-0.1, -0.05) is 34.1 Å². The average molecular weight is 254 g/mol. The first-order chi connectivity index (χ1) is 8.27. The van der Waals surface area contributed by atoms with E-state index in [0.29, 0.717) is 17.9 Å². The molecular weight excluding hydrogens is 224 g/mol. The minimum Gasteiger partial charge on any atom is -0.465 e. The van der Waals surface area contributed by atoms with E-state index < -0.39 is 0 Å². The van der Waals surface area contributed by atoms with E-state index in [-0.39, 0.29) is 11.4 Å². The second kappa shape index (κ2) is 6.08. The SMILES string of the molecule is CCC1(C)CC(CC(C)(C)C)CCCCOC1=O. The topological polar surface area (TPSA) is 26.3 Å². The summed E-state index contributed by atoms with van der Waals surface area (Å²) in [4.78, 5) is 12.2. The van der Waals surface area contributed by atoms with Crippen LogP contribution in [0.4, 0.5) is 0 Å². The maximum absolute atomic E-state index is 12.2. The lowest BCUT2D eigenvalue weighted by Gasteiger charge is -2.32. The van der Waals surface area contributed by atoms with Gasteiger partial charge in [-0.2, -0.15) is 0 Å². The van der Waals surface area contributed by atoms with E-state index in [1.165, 1.54) is 19.3 Å². The van der Waals surface area contributed by atoms with Gasteiger partial charge in [0.15, 0.2) is 0 Å². The molecule has 1 heterocycles. The van der Waals surface area contributed by atoms with Gasteiger partial charge in [0.25, 0.3) is 0 Å². The Morgan fingerprint density at radius 3 is 2.56 bits per heavy atom.